The highest BCUT2D eigenvalue weighted by Gasteiger charge is 2.18. The minimum absolute atomic E-state index is 0.242. The molecule has 3 heteroatoms. The molecule has 1 aliphatic heterocycles. The summed E-state index contributed by atoms with van der Waals surface area (Å²) in [6.45, 7) is 6.39. The van der Waals surface area contributed by atoms with Gasteiger partial charge in [0.2, 0.25) is 0 Å². The van der Waals surface area contributed by atoms with Gasteiger partial charge in [0.05, 0.1) is 11.5 Å². The molecular formula is C15H24O2S. The van der Waals surface area contributed by atoms with E-state index in [9.17, 15) is 8.42 Å². The van der Waals surface area contributed by atoms with Crippen LogP contribution in [-0.2, 0) is 9.84 Å². The Balaban J connectivity index is 2.26. The molecule has 0 atom stereocenters. The van der Waals surface area contributed by atoms with E-state index in [-0.39, 0.29) is 11.5 Å². The minimum atomic E-state index is -2.79. The first kappa shape index (κ1) is 15.2. The fraction of sp³-hybridized carbons (Fsp3) is 0.600. The summed E-state index contributed by atoms with van der Waals surface area (Å²) in [4.78, 5) is 0. The molecule has 0 amide bonds. The van der Waals surface area contributed by atoms with Crippen LogP contribution in [0, 0.1) is 0 Å². The maximum Gasteiger partial charge on any atom is 0.157 e. The van der Waals surface area contributed by atoms with E-state index in [1.807, 2.05) is 6.08 Å². The van der Waals surface area contributed by atoms with Crippen molar-refractivity contribution >= 4 is 9.84 Å². The fourth-order valence-corrected chi connectivity index (χ4v) is 3.45. The Labute approximate surface area is 111 Å². The van der Waals surface area contributed by atoms with Gasteiger partial charge in [0.25, 0.3) is 0 Å². The molecule has 0 N–H and O–H groups in total. The number of hydrogen-bond acceptors (Lipinski definition) is 2. The standard InChI is InChI=1S/C15H24O2S/c1-13(2)6-4-7-14(3)8-5-9-15-10-11-18(16,17)12-15/h6,8,10H,4-5,7,9,11-12H2,1-3H3/b14-8+. The van der Waals surface area contributed by atoms with Crippen molar-refractivity contribution in [2.45, 2.75) is 46.5 Å². The van der Waals surface area contributed by atoms with Gasteiger partial charge >= 0.3 is 0 Å². The van der Waals surface area contributed by atoms with Crippen LogP contribution < -0.4 is 0 Å². The first-order valence-electron chi connectivity index (χ1n) is 6.56. The van der Waals surface area contributed by atoms with Gasteiger partial charge < -0.3 is 0 Å². The smallest absolute Gasteiger partial charge is 0.157 e. The molecule has 0 bridgehead atoms. The first-order chi connectivity index (χ1) is 8.39. The molecule has 0 saturated carbocycles. The molecule has 0 spiro atoms. The van der Waals surface area contributed by atoms with Gasteiger partial charge in [-0.2, -0.15) is 0 Å². The van der Waals surface area contributed by atoms with Crippen LogP contribution in [0.1, 0.15) is 46.5 Å². The van der Waals surface area contributed by atoms with Crippen molar-refractivity contribution in [2.75, 3.05) is 11.5 Å². The van der Waals surface area contributed by atoms with Crippen LogP contribution in [0.15, 0.2) is 34.9 Å². The Morgan fingerprint density at radius 2 is 1.94 bits per heavy atom. The lowest BCUT2D eigenvalue weighted by molar-refractivity contribution is 0.602. The second-order valence-electron chi connectivity index (χ2n) is 5.33. The summed E-state index contributed by atoms with van der Waals surface area (Å²) < 4.78 is 22.5. The third-order valence-corrected chi connectivity index (χ3v) is 4.57. The van der Waals surface area contributed by atoms with Gasteiger partial charge in [0.1, 0.15) is 0 Å². The average molecular weight is 268 g/mol. The van der Waals surface area contributed by atoms with E-state index >= 15 is 0 Å². The molecule has 102 valence electrons. The SMILES string of the molecule is CC(C)=CCC/C(C)=C/CCC1=CCS(=O)(=O)C1. The van der Waals surface area contributed by atoms with Crippen molar-refractivity contribution in [3.05, 3.63) is 34.9 Å². The molecular weight excluding hydrogens is 244 g/mol. The Morgan fingerprint density at radius 1 is 1.22 bits per heavy atom. The summed E-state index contributed by atoms with van der Waals surface area (Å²) >= 11 is 0. The number of rotatable bonds is 6. The molecule has 2 nitrogen and oxygen atoms in total. The van der Waals surface area contributed by atoms with Crippen LogP contribution in [0.3, 0.4) is 0 Å². The lowest BCUT2D eigenvalue weighted by Gasteiger charge is -2.01. The molecule has 18 heavy (non-hydrogen) atoms. The molecule has 1 aliphatic rings. The molecule has 0 radical (unpaired) electrons. The summed E-state index contributed by atoms with van der Waals surface area (Å²) in [6, 6.07) is 0. The van der Waals surface area contributed by atoms with E-state index in [4.69, 9.17) is 0 Å². The van der Waals surface area contributed by atoms with E-state index in [1.165, 1.54) is 11.1 Å². The van der Waals surface area contributed by atoms with Crippen molar-refractivity contribution in [2.24, 2.45) is 0 Å². The molecule has 1 heterocycles. The molecule has 0 fully saturated rings. The number of allylic oxidation sites excluding steroid dienone is 4. The Hall–Kier alpha value is -0.830. The molecule has 0 unspecified atom stereocenters. The first-order valence-corrected chi connectivity index (χ1v) is 8.38. The second kappa shape index (κ2) is 6.93. The van der Waals surface area contributed by atoms with Gasteiger partial charge in [-0.15, -0.1) is 0 Å². The monoisotopic (exact) mass is 268 g/mol. The molecule has 0 saturated heterocycles. The largest absolute Gasteiger partial charge is 0.228 e. The molecule has 0 aromatic rings. The predicted octanol–water partition coefficient (Wildman–Crippen LogP) is 3.81. The molecule has 0 aromatic carbocycles. The minimum Gasteiger partial charge on any atom is -0.228 e. The summed E-state index contributed by atoms with van der Waals surface area (Å²) in [5.74, 6) is 0.517. The molecule has 0 aromatic heterocycles. The fourth-order valence-electron chi connectivity index (χ4n) is 2.01. The third-order valence-electron chi connectivity index (χ3n) is 3.08. The lowest BCUT2D eigenvalue weighted by atomic mass is 10.1. The van der Waals surface area contributed by atoms with Crippen molar-refractivity contribution in [3.8, 4) is 0 Å². The van der Waals surface area contributed by atoms with Crippen LogP contribution in [0.5, 0.6) is 0 Å². The van der Waals surface area contributed by atoms with Gasteiger partial charge in [-0.1, -0.05) is 34.9 Å². The van der Waals surface area contributed by atoms with Crippen molar-refractivity contribution in [3.63, 3.8) is 0 Å². The van der Waals surface area contributed by atoms with Crippen molar-refractivity contribution in [1.29, 1.82) is 0 Å². The normalized spacial score (nSPS) is 18.6. The van der Waals surface area contributed by atoms with Crippen molar-refractivity contribution in [1.82, 2.24) is 0 Å². The Kier molecular flexibility index (Phi) is 5.86. The quantitative estimate of drug-likeness (QED) is 0.686. The highest BCUT2D eigenvalue weighted by Crippen LogP contribution is 2.17. The van der Waals surface area contributed by atoms with Gasteiger partial charge in [0, 0.05) is 0 Å². The van der Waals surface area contributed by atoms with Gasteiger partial charge in [-0.3, -0.25) is 0 Å². The van der Waals surface area contributed by atoms with E-state index in [1.54, 1.807) is 0 Å². The van der Waals surface area contributed by atoms with Crippen LogP contribution in [0.25, 0.3) is 0 Å². The number of sulfone groups is 1. The highest BCUT2D eigenvalue weighted by molar-refractivity contribution is 7.92. The zero-order valence-electron chi connectivity index (χ0n) is 11.7. The lowest BCUT2D eigenvalue weighted by Crippen LogP contribution is -2.02. The second-order valence-corrected chi connectivity index (χ2v) is 7.44. The van der Waals surface area contributed by atoms with E-state index in [0.29, 0.717) is 0 Å². The topological polar surface area (TPSA) is 34.1 Å². The van der Waals surface area contributed by atoms with Crippen LogP contribution in [-0.4, -0.2) is 19.9 Å². The zero-order valence-corrected chi connectivity index (χ0v) is 12.5. The predicted molar refractivity (Wildman–Crippen MR) is 78.4 cm³/mol. The van der Waals surface area contributed by atoms with Crippen LogP contribution in [0.2, 0.25) is 0 Å². The van der Waals surface area contributed by atoms with E-state index in [0.717, 1.165) is 31.3 Å². The highest BCUT2D eigenvalue weighted by atomic mass is 32.2. The molecule has 1 rings (SSSR count). The number of hydrogen-bond donors (Lipinski definition) is 0. The Bertz CT molecular complexity index is 461. The van der Waals surface area contributed by atoms with E-state index < -0.39 is 9.84 Å². The van der Waals surface area contributed by atoms with Crippen molar-refractivity contribution < 1.29 is 8.42 Å². The zero-order chi connectivity index (χ0) is 13.6. The maximum absolute atomic E-state index is 11.3. The summed E-state index contributed by atoms with van der Waals surface area (Å²) in [5.41, 5.74) is 3.85. The summed E-state index contributed by atoms with van der Waals surface area (Å²) in [6.07, 6.45) is 10.4. The Morgan fingerprint density at radius 3 is 2.50 bits per heavy atom. The van der Waals surface area contributed by atoms with E-state index in [2.05, 4.69) is 32.9 Å². The third kappa shape index (κ3) is 6.20. The van der Waals surface area contributed by atoms with Crippen LogP contribution >= 0.6 is 0 Å². The van der Waals surface area contributed by atoms with Gasteiger partial charge in [-0.25, -0.2) is 8.42 Å². The average Bonchev–Trinajstić information content (AvgIpc) is 2.57. The summed E-state index contributed by atoms with van der Waals surface area (Å²) in [5, 5.41) is 0. The van der Waals surface area contributed by atoms with Gasteiger partial charge in [-0.05, 0) is 46.5 Å². The summed E-state index contributed by atoms with van der Waals surface area (Å²) in [7, 11) is -2.79. The molecule has 0 aliphatic carbocycles. The van der Waals surface area contributed by atoms with Crippen LogP contribution in [0.4, 0.5) is 0 Å². The van der Waals surface area contributed by atoms with Gasteiger partial charge in [0.15, 0.2) is 9.84 Å². The maximum atomic E-state index is 11.3.